The second kappa shape index (κ2) is 10.7. The van der Waals surface area contributed by atoms with Gasteiger partial charge >= 0.3 is 0 Å². The van der Waals surface area contributed by atoms with Crippen molar-refractivity contribution in [2.75, 3.05) is 18.6 Å². The summed E-state index contributed by atoms with van der Waals surface area (Å²) in [4.78, 5) is 27.6. The Kier molecular flexibility index (Phi) is 7.28. The van der Waals surface area contributed by atoms with Crippen molar-refractivity contribution in [1.29, 1.82) is 0 Å². The third kappa shape index (κ3) is 5.64. The quantitative estimate of drug-likeness (QED) is 0.503. The van der Waals surface area contributed by atoms with Gasteiger partial charge in [0.05, 0.1) is 12.8 Å². The lowest BCUT2D eigenvalue weighted by Gasteiger charge is -2.30. The highest BCUT2D eigenvalue weighted by molar-refractivity contribution is 6.12. The molecule has 1 heterocycles. The highest BCUT2D eigenvalue weighted by Gasteiger charge is 2.31. The van der Waals surface area contributed by atoms with Crippen LogP contribution in [-0.4, -0.2) is 31.5 Å². The van der Waals surface area contributed by atoms with Crippen LogP contribution in [0.15, 0.2) is 84.6 Å². The van der Waals surface area contributed by atoms with Gasteiger partial charge in [0.15, 0.2) is 11.5 Å². The summed E-state index contributed by atoms with van der Waals surface area (Å²) in [5.74, 6) is 0.847. The summed E-state index contributed by atoms with van der Waals surface area (Å²) in [6.45, 7) is 1.89. The Labute approximate surface area is 199 Å². The van der Waals surface area contributed by atoms with Crippen LogP contribution in [0.1, 0.15) is 24.5 Å². The highest BCUT2D eigenvalue weighted by Crippen LogP contribution is 2.35. The number of amides is 2. The van der Waals surface area contributed by atoms with E-state index >= 15 is 0 Å². The molecule has 2 amide bonds. The zero-order chi connectivity index (χ0) is 23.9. The van der Waals surface area contributed by atoms with Gasteiger partial charge < -0.3 is 14.8 Å². The van der Waals surface area contributed by atoms with Crippen LogP contribution in [0.5, 0.6) is 11.5 Å². The van der Waals surface area contributed by atoms with Crippen LogP contribution in [-0.2, 0) is 16.0 Å². The third-order valence-electron chi connectivity index (χ3n) is 5.66. The van der Waals surface area contributed by atoms with E-state index in [1.54, 1.807) is 25.3 Å². The van der Waals surface area contributed by atoms with Crippen LogP contribution in [0.25, 0.3) is 6.08 Å². The van der Waals surface area contributed by atoms with Crippen LogP contribution in [0.2, 0.25) is 0 Å². The number of nitrogens with zero attached hydrogens (tertiary/aromatic N) is 1. The Morgan fingerprint density at radius 2 is 1.74 bits per heavy atom. The number of benzene rings is 3. The molecule has 0 saturated carbocycles. The molecular weight excluding hydrogens is 428 g/mol. The third-order valence-corrected chi connectivity index (χ3v) is 5.66. The first-order valence-electron chi connectivity index (χ1n) is 11.3. The summed E-state index contributed by atoms with van der Waals surface area (Å²) in [5.41, 5.74) is 2.60. The molecule has 0 saturated heterocycles. The van der Waals surface area contributed by atoms with Crippen molar-refractivity contribution in [3.05, 3.63) is 95.7 Å². The molecule has 174 valence electrons. The largest absolute Gasteiger partial charge is 0.497 e. The standard InChI is InChI=1S/C28H28N2O4/c1-20(12-13-21-8-4-3-5-9-21)29-27(31)19-30-24-10-6-7-11-25(24)34-26(28(30)32)18-22-14-16-23(33-2)17-15-22/h3-11,14-18,20H,12-13,19H2,1-2H3,(H,29,31)/b26-18+/t20-/m1/s1. The van der Waals surface area contributed by atoms with Gasteiger partial charge in [0, 0.05) is 6.04 Å². The number of carbonyl (C=O) groups excluding carboxylic acids is 2. The van der Waals surface area contributed by atoms with Gasteiger partial charge in [0.25, 0.3) is 5.91 Å². The van der Waals surface area contributed by atoms with Crippen molar-refractivity contribution < 1.29 is 19.1 Å². The Balaban J connectivity index is 1.46. The maximum Gasteiger partial charge on any atom is 0.294 e. The first-order chi connectivity index (χ1) is 16.5. The smallest absolute Gasteiger partial charge is 0.294 e. The minimum absolute atomic E-state index is 0.0200. The van der Waals surface area contributed by atoms with Gasteiger partial charge in [0.2, 0.25) is 5.91 Å². The van der Waals surface area contributed by atoms with Crippen molar-refractivity contribution in [3.63, 3.8) is 0 Å². The van der Waals surface area contributed by atoms with Crippen LogP contribution in [0.4, 0.5) is 5.69 Å². The fourth-order valence-corrected chi connectivity index (χ4v) is 3.83. The van der Waals surface area contributed by atoms with Gasteiger partial charge in [-0.15, -0.1) is 0 Å². The number of fused-ring (bicyclic) bond motifs is 1. The lowest BCUT2D eigenvalue weighted by Crippen LogP contribution is -2.46. The molecule has 0 aromatic heterocycles. The monoisotopic (exact) mass is 456 g/mol. The molecule has 6 nitrogen and oxygen atoms in total. The average molecular weight is 457 g/mol. The minimum Gasteiger partial charge on any atom is -0.497 e. The molecule has 1 aliphatic rings. The molecular formula is C28H28N2O4. The second-order valence-corrected chi connectivity index (χ2v) is 8.24. The molecule has 0 spiro atoms. The number of methoxy groups -OCH3 is 1. The lowest BCUT2D eigenvalue weighted by atomic mass is 10.1. The summed E-state index contributed by atoms with van der Waals surface area (Å²) < 4.78 is 11.1. The zero-order valence-corrected chi connectivity index (χ0v) is 19.4. The number of hydrogen-bond donors (Lipinski definition) is 1. The fraction of sp³-hybridized carbons (Fsp3) is 0.214. The molecule has 3 aromatic rings. The number of carbonyl (C=O) groups is 2. The van der Waals surface area contributed by atoms with Crippen LogP contribution in [0.3, 0.4) is 0 Å². The van der Waals surface area contributed by atoms with Crippen molar-refractivity contribution in [2.45, 2.75) is 25.8 Å². The summed E-state index contributed by atoms with van der Waals surface area (Å²) in [7, 11) is 1.60. The number of rotatable bonds is 8. The van der Waals surface area contributed by atoms with E-state index in [4.69, 9.17) is 9.47 Å². The second-order valence-electron chi connectivity index (χ2n) is 8.24. The highest BCUT2D eigenvalue weighted by atomic mass is 16.5. The lowest BCUT2D eigenvalue weighted by molar-refractivity contribution is -0.123. The van der Waals surface area contributed by atoms with E-state index in [1.807, 2.05) is 61.5 Å². The summed E-state index contributed by atoms with van der Waals surface area (Å²) in [6.07, 6.45) is 3.35. The number of hydrogen-bond acceptors (Lipinski definition) is 4. The molecule has 0 radical (unpaired) electrons. The van der Waals surface area contributed by atoms with Crippen LogP contribution in [0, 0.1) is 0 Å². The molecule has 0 aliphatic carbocycles. The van der Waals surface area contributed by atoms with E-state index in [-0.39, 0.29) is 30.2 Å². The molecule has 1 N–H and O–H groups in total. The first kappa shape index (κ1) is 23.1. The topological polar surface area (TPSA) is 67.9 Å². The van der Waals surface area contributed by atoms with Gasteiger partial charge in [-0.3, -0.25) is 14.5 Å². The number of anilines is 1. The Morgan fingerprint density at radius 1 is 1.03 bits per heavy atom. The predicted octanol–water partition coefficient (Wildman–Crippen LogP) is 4.60. The van der Waals surface area contributed by atoms with Gasteiger partial charge in [-0.1, -0.05) is 54.6 Å². The first-order valence-corrected chi connectivity index (χ1v) is 11.3. The minimum atomic E-state index is -0.360. The van der Waals surface area contributed by atoms with E-state index < -0.39 is 0 Å². The number of para-hydroxylation sites is 2. The SMILES string of the molecule is COc1ccc(/C=C2/Oc3ccccc3N(CC(=O)N[C@H](C)CCc3ccccc3)C2=O)cc1. The Bertz CT molecular complexity index is 1170. The zero-order valence-electron chi connectivity index (χ0n) is 19.4. The predicted molar refractivity (Wildman–Crippen MR) is 133 cm³/mol. The number of aryl methyl sites for hydroxylation is 1. The van der Waals surface area contributed by atoms with E-state index in [2.05, 4.69) is 17.4 Å². The Morgan fingerprint density at radius 3 is 2.47 bits per heavy atom. The normalized spacial score (nSPS) is 14.8. The van der Waals surface area contributed by atoms with Gasteiger partial charge in [-0.2, -0.15) is 0 Å². The van der Waals surface area contributed by atoms with Gasteiger partial charge in [-0.25, -0.2) is 0 Å². The number of ether oxygens (including phenoxy) is 2. The molecule has 34 heavy (non-hydrogen) atoms. The molecule has 1 atom stereocenters. The van der Waals surface area contributed by atoms with Crippen molar-refractivity contribution >= 4 is 23.6 Å². The summed E-state index contributed by atoms with van der Waals surface area (Å²) in [5, 5.41) is 3.02. The Hall–Kier alpha value is -4.06. The summed E-state index contributed by atoms with van der Waals surface area (Å²) >= 11 is 0. The number of nitrogens with one attached hydrogen (secondary N) is 1. The van der Waals surface area contributed by atoms with Crippen molar-refractivity contribution in [3.8, 4) is 11.5 Å². The average Bonchev–Trinajstić information content (AvgIpc) is 2.86. The fourth-order valence-electron chi connectivity index (χ4n) is 3.83. The van der Waals surface area contributed by atoms with E-state index in [0.29, 0.717) is 11.4 Å². The maximum absolute atomic E-state index is 13.3. The molecule has 4 rings (SSSR count). The van der Waals surface area contributed by atoms with E-state index in [1.165, 1.54) is 10.5 Å². The molecule has 0 unspecified atom stereocenters. The van der Waals surface area contributed by atoms with E-state index in [9.17, 15) is 9.59 Å². The molecule has 3 aromatic carbocycles. The van der Waals surface area contributed by atoms with Gasteiger partial charge in [0.1, 0.15) is 12.3 Å². The molecule has 0 bridgehead atoms. The van der Waals surface area contributed by atoms with E-state index in [0.717, 1.165) is 24.2 Å². The van der Waals surface area contributed by atoms with Crippen molar-refractivity contribution in [2.24, 2.45) is 0 Å². The van der Waals surface area contributed by atoms with Crippen LogP contribution < -0.4 is 19.7 Å². The van der Waals surface area contributed by atoms with Gasteiger partial charge in [-0.05, 0) is 61.2 Å². The molecule has 0 fully saturated rings. The van der Waals surface area contributed by atoms with Crippen molar-refractivity contribution in [1.82, 2.24) is 5.32 Å². The van der Waals surface area contributed by atoms with Crippen LogP contribution >= 0.6 is 0 Å². The molecule has 6 heteroatoms. The molecule has 1 aliphatic heterocycles. The maximum atomic E-state index is 13.3. The summed E-state index contributed by atoms with van der Waals surface area (Å²) in [6, 6.07) is 24.7.